The van der Waals surface area contributed by atoms with Crippen molar-refractivity contribution in [1.82, 2.24) is 15.1 Å². The number of alkyl carbamates (subject to hydrolysis) is 1. The van der Waals surface area contributed by atoms with Crippen molar-refractivity contribution < 1.29 is 24.2 Å². The first-order chi connectivity index (χ1) is 19.9. The Morgan fingerprint density at radius 1 is 0.902 bits per heavy atom. The van der Waals surface area contributed by atoms with Crippen molar-refractivity contribution in [1.29, 1.82) is 0 Å². The van der Waals surface area contributed by atoms with Crippen LogP contribution in [0.3, 0.4) is 0 Å². The molecule has 41 heavy (non-hydrogen) atoms. The molecule has 2 amide bonds. The summed E-state index contributed by atoms with van der Waals surface area (Å²) in [5, 5.41) is 12.4. The van der Waals surface area contributed by atoms with E-state index in [1.807, 2.05) is 66.5 Å². The van der Waals surface area contributed by atoms with Crippen LogP contribution in [0.5, 0.6) is 0 Å². The quantitative estimate of drug-likeness (QED) is 0.350. The number of carbonyl (C=O) groups is 3. The fourth-order valence-corrected chi connectivity index (χ4v) is 6.19. The Hall–Kier alpha value is -4.17. The number of nitrogens with zero attached hydrogens (tertiary/aromatic N) is 2. The zero-order chi connectivity index (χ0) is 28.8. The third-order valence-electron chi connectivity index (χ3n) is 8.08. The molecule has 8 heteroatoms. The number of carboxylic acid groups (broad SMARTS) is 1. The molecule has 3 aromatic rings. The van der Waals surface area contributed by atoms with Gasteiger partial charge in [-0.3, -0.25) is 14.5 Å². The van der Waals surface area contributed by atoms with Crippen LogP contribution in [0.25, 0.3) is 11.1 Å². The van der Waals surface area contributed by atoms with E-state index in [0.29, 0.717) is 6.54 Å². The minimum atomic E-state index is -1.07. The molecule has 0 spiro atoms. The summed E-state index contributed by atoms with van der Waals surface area (Å²) in [5.74, 6) is -1.57. The van der Waals surface area contributed by atoms with Gasteiger partial charge in [0, 0.05) is 25.0 Å². The molecule has 0 bridgehead atoms. The standard InChI is InChI=1S/C33H37N3O5/c1-35(19-23-11-3-2-4-12-23)20-30(32(39)36(21-31(37)38)24-13-5-6-14-24)34-33(40)41-22-29-27-17-9-7-15-25(27)26-16-8-10-18-28(26)29/h2-4,7-12,15-18,24,29-30H,5-6,13-14,19-22H2,1H3,(H,34,40)(H,37,38). The highest BCUT2D eigenvalue weighted by Gasteiger charge is 2.35. The van der Waals surface area contributed by atoms with Crippen LogP contribution in [0.4, 0.5) is 4.79 Å². The summed E-state index contributed by atoms with van der Waals surface area (Å²) < 4.78 is 5.75. The fourth-order valence-electron chi connectivity index (χ4n) is 6.19. The third-order valence-corrected chi connectivity index (χ3v) is 8.08. The van der Waals surface area contributed by atoms with Gasteiger partial charge in [0.25, 0.3) is 0 Å². The summed E-state index contributed by atoms with van der Waals surface area (Å²) in [6, 6.07) is 25.0. The molecule has 1 atom stereocenters. The Morgan fingerprint density at radius 3 is 2.10 bits per heavy atom. The highest BCUT2D eigenvalue weighted by Crippen LogP contribution is 2.44. The van der Waals surface area contributed by atoms with Crippen LogP contribution in [0.1, 0.15) is 48.3 Å². The maximum atomic E-state index is 13.8. The molecule has 2 aliphatic carbocycles. The number of fused-ring (bicyclic) bond motifs is 3. The lowest BCUT2D eigenvalue weighted by Gasteiger charge is -2.33. The molecule has 1 unspecified atom stereocenters. The van der Waals surface area contributed by atoms with E-state index in [2.05, 4.69) is 29.6 Å². The number of carboxylic acids is 1. The molecule has 0 radical (unpaired) electrons. The summed E-state index contributed by atoms with van der Waals surface area (Å²) in [4.78, 5) is 42.1. The van der Waals surface area contributed by atoms with Gasteiger partial charge in [-0.05, 0) is 47.7 Å². The molecule has 2 N–H and O–H groups in total. The van der Waals surface area contributed by atoms with Crippen molar-refractivity contribution in [3.8, 4) is 11.1 Å². The van der Waals surface area contributed by atoms with E-state index in [9.17, 15) is 19.5 Å². The van der Waals surface area contributed by atoms with Crippen molar-refractivity contribution in [2.24, 2.45) is 0 Å². The van der Waals surface area contributed by atoms with Gasteiger partial charge in [0.2, 0.25) is 5.91 Å². The number of likely N-dealkylation sites (N-methyl/N-ethyl adjacent to an activating group) is 1. The Morgan fingerprint density at radius 2 is 1.49 bits per heavy atom. The number of amides is 2. The van der Waals surface area contributed by atoms with Crippen LogP contribution in [0.15, 0.2) is 78.9 Å². The van der Waals surface area contributed by atoms with Gasteiger partial charge in [-0.1, -0.05) is 91.7 Å². The van der Waals surface area contributed by atoms with E-state index in [0.717, 1.165) is 53.5 Å². The van der Waals surface area contributed by atoms with Crippen LogP contribution in [0, 0.1) is 0 Å². The number of hydrogen-bond acceptors (Lipinski definition) is 5. The second kappa shape index (κ2) is 13.0. The van der Waals surface area contributed by atoms with Gasteiger partial charge in [0.05, 0.1) is 0 Å². The zero-order valence-electron chi connectivity index (χ0n) is 23.4. The van der Waals surface area contributed by atoms with Crippen molar-refractivity contribution in [3.05, 3.63) is 95.6 Å². The molecule has 1 fully saturated rings. The van der Waals surface area contributed by atoms with Crippen LogP contribution >= 0.6 is 0 Å². The monoisotopic (exact) mass is 555 g/mol. The summed E-state index contributed by atoms with van der Waals surface area (Å²) in [6.07, 6.45) is 2.73. The fraction of sp³-hybridized carbons (Fsp3) is 0.364. The maximum Gasteiger partial charge on any atom is 0.407 e. The smallest absolute Gasteiger partial charge is 0.407 e. The minimum absolute atomic E-state index is 0.106. The van der Waals surface area contributed by atoms with Crippen LogP contribution < -0.4 is 5.32 Å². The molecule has 8 nitrogen and oxygen atoms in total. The van der Waals surface area contributed by atoms with Gasteiger partial charge in [0.15, 0.2) is 0 Å². The van der Waals surface area contributed by atoms with Crippen LogP contribution in [0.2, 0.25) is 0 Å². The van der Waals surface area contributed by atoms with E-state index in [1.165, 1.54) is 4.90 Å². The largest absolute Gasteiger partial charge is 0.480 e. The maximum absolute atomic E-state index is 13.8. The normalized spacial score (nSPS) is 15.3. The summed E-state index contributed by atoms with van der Waals surface area (Å²) in [6.45, 7) is 0.511. The van der Waals surface area contributed by atoms with Gasteiger partial charge in [-0.25, -0.2) is 4.79 Å². The third kappa shape index (κ3) is 6.77. The average Bonchev–Trinajstić information content (AvgIpc) is 3.61. The highest BCUT2D eigenvalue weighted by molar-refractivity contribution is 5.88. The second-order valence-electron chi connectivity index (χ2n) is 11.0. The number of nitrogens with one attached hydrogen (secondary N) is 1. The number of benzene rings is 3. The molecule has 214 valence electrons. The lowest BCUT2D eigenvalue weighted by atomic mass is 9.98. The Kier molecular flexibility index (Phi) is 8.99. The van der Waals surface area contributed by atoms with Gasteiger partial charge in [0.1, 0.15) is 19.2 Å². The zero-order valence-corrected chi connectivity index (χ0v) is 23.4. The van der Waals surface area contributed by atoms with E-state index in [4.69, 9.17) is 4.74 Å². The SMILES string of the molecule is CN(Cc1ccccc1)CC(NC(=O)OCC1c2ccccc2-c2ccccc21)C(=O)N(CC(=O)O)C1CCCC1. The summed E-state index contributed by atoms with van der Waals surface area (Å²) in [7, 11) is 1.88. The van der Waals surface area contributed by atoms with E-state index in [-0.39, 0.29) is 25.1 Å². The first-order valence-corrected chi connectivity index (χ1v) is 14.3. The average molecular weight is 556 g/mol. The number of aliphatic carboxylic acids is 1. The highest BCUT2D eigenvalue weighted by atomic mass is 16.5. The molecule has 1 saturated carbocycles. The molecule has 2 aliphatic rings. The van der Waals surface area contributed by atoms with E-state index in [1.54, 1.807) is 0 Å². The molecule has 5 rings (SSSR count). The molecule has 3 aromatic carbocycles. The molecular weight excluding hydrogens is 518 g/mol. The van der Waals surface area contributed by atoms with Crippen LogP contribution in [-0.4, -0.2) is 71.7 Å². The summed E-state index contributed by atoms with van der Waals surface area (Å²) in [5.41, 5.74) is 5.54. The lowest BCUT2D eigenvalue weighted by molar-refractivity contribution is -0.147. The number of hydrogen-bond donors (Lipinski definition) is 2. The lowest BCUT2D eigenvalue weighted by Crippen LogP contribution is -2.56. The molecule has 0 aromatic heterocycles. The number of rotatable bonds is 11. The van der Waals surface area contributed by atoms with Crippen molar-refractivity contribution in [2.75, 3.05) is 26.7 Å². The van der Waals surface area contributed by atoms with E-state index >= 15 is 0 Å². The predicted molar refractivity (Wildman–Crippen MR) is 156 cm³/mol. The Bertz CT molecular complexity index is 1330. The molecule has 0 saturated heterocycles. The topological polar surface area (TPSA) is 99.2 Å². The van der Waals surface area contributed by atoms with Crippen molar-refractivity contribution in [2.45, 2.75) is 50.2 Å². The Balaban J connectivity index is 1.31. The minimum Gasteiger partial charge on any atom is -0.480 e. The summed E-state index contributed by atoms with van der Waals surface area (Å²) >= 11 is 0. The van der Waals surface area contributed by atoms with Gasteiger partial charge >= 0.3 is 12.1 Å². The van der Waals surface area contributed by atoms with Crippen LogP contribution in [-0.2, 0) is 20.9 Å². The number of ether oxygens (including phenoxy) is 1. The first kappa shape index (κ1) is 28.4. The molecule has 0 heterocycles. The van der Waals surface area contributed by atoms with Gasteiger partial charge in [-0.2, -0.15) is 0 Å². The van der Waals surface area contributed by atoms with Gasteiger partial charge in [-0.15, -0.1) is 0 Å². The molecular formula is C33H37N3O5. The second-order valence-corrected chi connectivity index (χ2v) is 11.0. The predicted octanol–water partition coefficient (Wildman–Crippen LogP) is 4.88. The first-order valence-electron chi connectivity index (χ1n) is 14.3. The van der Waals surface area contributed by atoms with Crippen molar-refractivity contribution >= 4 is 18.0 Å². The number of carbonyl (C=O) groups excluding carboxylic acids is 2. The van der Waals surface area contributed by atoms with Crippen molar-refractivity contribution in [3.63, 3.8) is 0 Å². The Labute approximate surface area is 240 Å². The van der Waals surface area contributed by atoms with Gasteiger partial charge < -0.3 is 20.1 Å². The van der Waals surface area contributed by atoms with E-state index < -0.39 is 30.6 Å². The molecule has 0 aliphatic heterocycles.